The van der Waals surface area contributed by atoms with E-state index in [0.717, 1.165) is 23.1 Å². The van der Waals surface area contributed by atoms with Crippen LogP contribution in [0, 0.1) is 11.7 Å². The van der Waals surface area contributed by atoms with Crippen molar-refractivity contribution in [3.05, 3.63) is 51.5 Å². The molecular weight excluding hydrogens is 383 g/mol. The molecule has 144 valence electrons. The van der Waals surface area contributed by atoms with Gasteiger partial charge in [0.1, 0.15) is 11.6 Å². The fourth-order valence-electron chi connectivity index (χ4n) is 4.08. The highest BCUT2D eigenvalue weighted by Gasteiger charge is 2.49. The maximum Gasteiger partial charge on any atom is 0.248 e. The van der Waals surface area contributed by atoms with Crippen LogP contribution in [-0.2, 0) is 21.4 Å². The van der Waals surface area contributed by atoms with Crippen molar-refractivity contribution < 1.29 is 19.1 Å². The summed E-state index contributed by atoms with van der Waals surface area (Å²) >= 11 is 0.848. The zero-order chi connectivity index (χ0) is 19.9. The lowest BCUT2D eigenvalue weighted by Gasteiger charge is -2.25. The lowest BCUT2D eigenvalue weighted by Crippen LogP contribution is -2.41. The minimum absolute atomic E-state index is 0.00599. The Hall–Kier alpha value is -2.83. The van der Waals surface area contributed by atoms with E-state index in [0.29, 0.717) is 42.4 Å². The highest BCUT2D eigenvalue weighted by Crippen LogP contribution is 2.47. The summed E-state index contributed by atoms with van der Waals surface area (Å²) in [5, 5.41) is 9.15. The molecule has 2 aliphatic heterocycles. The number of fused-ring (bicyclic) bond motifs is 2. The Kier molecular flexibility index (Phi) is 4.61. The van der Waals surface area contributed by atoms with Crippen LogP contribution in [0.5, 0.6) is 0 Å². The Morgan fingerprint density at radius 3 is 2.86 bits per heavy atom. The van der Waals surface area contributed by atoms with Crippen molar-refractivity contribution in [3.63, 3.8) is 0 Å². The molecule has 7 nitrogen and oxygen atoms in total. The minimum Gasteiger partial charge on any atom is -0.387 e. The van der Waals surface area contributed by atoms with Gasteiger partial charge in [-0.05, 0) is 18.1 Å². The third kappa shape index (κ3) is 3.04. The molecule has 1 unspecified atom stereocenters. The number of hydrogen-bond donors (Lipinski definition) is 1. The Balaban J connectivity index is 1.67. The molecule has 1 saturated heterocycles. The van der Waals surface area contributed by atoms with E-state index in [2.05, 4.69) is 9.83 Å². The maximum absolute atomic E-state index is 13.2. The van der Waals surface area contributed by atoms with Gasteiger partial charge >= 0.3 is 0 Å². The molecule has 0 saturated carbocycles. The average molecular weight is 400 g/mol. The van der Waals surface area contributed by atoms with E-state index in [1.807, 2.05) is 0 Å². The molecule has 4 rings (SSSR count). The van der Waals surface area contributed by atoms with Gasteiger partial charge in [-0.1, -0.05) is 23.5 Å². The lowest BCUT2D eigenvalue weighted by molar-refractivity contribution is -0.133. The van der Waals surface area contributed by atoms with Gasteiger partial charge in [-0.15, -0.1) is 0 Å². The predicted octanol–water partition coefficient (Wildman–Crippen LogP) is 1.88. The molecule has 1 spiro atoms. The fraction of sp³-hybridized carbons (Fsp3) is 0.368. The third-order valence-corrected chi connectivity index (χ3v) is 6.19. The average Bonchev–Trinajstić information content (AvgIpc) is 3.40. The maximum atomic E-state index is 13.2. The molecule has 3 heterocycles. The number of hydrogen-bond acceptors (Lipinski definition) is 5. The Morgan fingerprint density at radius 2 is 2.18 bits per heavy atom. The number of carbonyl (C=O) groups excluding carboxylic acids is 2. The summed E-state index contributed by atoms with van der Waals surface area (Å²) in [4.78, 5) is 35.5. The standard InChI is InChI=1S/C19H17FN4O3S/c1-21-12-2-3-14-13(6-12)19(4-5-23(10-19)18(27)9-25)11-24(14)17(26)7-16-22-8-15(20)28-16/h2-3,6,8,25H,4-5,7,9-11H2. The van der Waals surface area contributed by atoms with E-state index in [9.17, 15) is 19.1 Å². The normalized spacial score (nSPS) is 20.5. The molecule has 2 aliphatic rings. The van der Waals surface area contributed by atoms with Crippen LogP contribution in [0.1, 0.15) is 17.0 Å². The Bertz CT molecular complexity index is 1000. The molecule has 0 bridgehead atoms. The van der Waals surface area contributed by atoms with Crippen LogP contribution in [0.25, 0.3) is 4.85 Å². The first kappa shape index (κ1) is 18.5. The fourth-order valence-corrected chi connectivity index (χ4v) is 4.71. The number of aliphatic hydroxyl groups is 1. The van der Waals surface area contributed by atoms with Crippen LogP contribution >= 0.6 is 11.3 Å². The molecule has 1 fully saturated rings. The van der Waals surface area contributed by atoms with Crippen molar-refractivity contribution in [2.75, 3.05) is 31.1 Å². The van der Waals surface area contributed by atoms with Crippen molar-refractivity contribution in [2.24, 2.45) is 0 Å². The highest BCUT2D eigenvalue weighted by atomic mass is 32.1. The number of aliphatic hydroxyl groups excluding tert-OH is 1. The molecular formula is C19H17FN4O3S. The number of thiazole rings is 1. The van der Waals surface area contributed by atoms with E-state index < -0.39 is 17.2 Å². The number of likely N-dealkylation sites (tertiary alicyclic amines) is 1. The summed E-state index contributed by atoms with van der Waals surface area (Å²) in [5.74, 6) is -0.544. The summed E-state index contributed by atoms with van der Waals surface area (Å²) in [6, 6.07) is 5.21. The van der Waals surface area contributed by atoms with E-state index in [4.69, 9.17) is 6.57 Å². The molecule has 1 aromatic carbocycles. The SMILES string of the molecule is [C-]#[N+]c1ccc2c(c1)C1(CCN(C(=O)CO)C1)CN2C(=O)Cc1ncc(F)s1. The van der Waals surface area contributed by atoms with Crippen LogP contribution in [0.2, 0.25) is 0 Å². The van der Waals surface area contributed by atoms with Crippen LogP contribution < -0.4 is 4.90 Å². The Morgan fingerprint density at radius 1 is 1.36 bits per heavy atom. The van der Waals surface area contributed by atoms with Gasteiger partial charge in [0.25, 0.3) is 0 Å². The zero-order valence-corrected chi connectivity index (χ0v) is 15.7. The van der Waals surface area contributed by atoms with Crippen molar-refractivity contribution in [2.45, 2.75) is 18.3 Å². The molecule has 0 aliphatic carbocycles. The van der Waals surface area contributed by atoms with E-state index >= 15 is 0 Å². The summed E-state index contributed by atoms with van der Waals surface area (Å²) in [5.41, 5.74) is 1.59. The predicted molar refractivity (Wildman–Crippen MR) is 101 cm³/mol. The third-order valence-electron chi connectivity index (χ3n) is 5.40. The number of rotatable bonds is 3. The highest BCUT2D eigenvalue weighted by molar-refractivity contribution is 7.10. The number of amides is 2. The number of benzene rings is 1. The monoisotopic (exact) mass is 400 g/mol. The van der Waals surface area contributed by atoms with Gasteiger partial charge in [-0.3, -0.25) is 9.59 Å². The second kappa shape index (κ2) is 6.96. The number of aromatic nitrogens is 1. The number of nitrogens with zero attached hydrogens (tertiary/aromatic N) is 4. The zero-order valence-electron chi connectivity index (χ0n) is 14.9. The molecule has 0 radical (unpaired) electrons. The van der Waals surface area contributed by atoms with Gasteiger partial charge in [-0.25, -0.2) is 9.83 Å². The summed E-state index contributed by atoms with van der Waals surface area (Å²) in [6.07, 6.45) is 1.74. The molecule has 28 heavy (non-hydrogen) atoms. The van der Waals surface area contributed by atoms with Crippen LogP contribution in [0.15, 0.2) is 24.4 Å². The number of halogens is 1. The van der Waals surface area contributed by atoms with Gasteiger partial charge in [0, 0.05) is 30.7 Å². The van der Waals surface area contributed by atoms with Crippen molar-refractivity contribution in [1.82, 2.24) is 9.88 Å². The molecule has 1 N–H and O–H groups in total. The van der Waals surface area contributed by atoms with Crippen LogP contribution in [-0.4, -0.2) is 53.0 Å². The minimum atomic E-state index is -0.552. The first-order chi connectivity index (χ1) is 13.5. The van der Waals surface area contributed by atoms with Crippen molar-refractivity contribution in [1.29, 1.82) is 0 Å². The first-order valence-corrected chi connectivity index (χ1v) is 9.58. The van der Waals surface area contributed by atoms with Gasteiger partial charge in [0.15, 0.2) is 10.8 Å². The molecule has 9 heteroatoms. The van der Waals surface area contributed by atoms with Crippen molar-refractivity contribution >= 4 is 34.5 Å². The molecule has 1 atom stereocenters. The second-order valence-electron chi connectivity index (χ2n) is 7.03. The van der Waals surface area contributed by atoms with Crippen LogP contribution in [0.4, 0.5) is 15.8 Å². The smallest absolute Gasteiger partial charge is 0.248 e. The second-order valence-corrected chi connectivity index (χ2v) is 8.10. The Labute approximate surface area is 164 Å². The number of anilines is 1. The summed E-state index contributed by atoms with van der Waals surface area (Å²) in [6.45, 7) is 7.99. The largest absolute Gasteiger partial charge is 0.387 e. The molecule has 2 amide bonds. The van der Waals surface area contributed by atoms with Gasteiger partial charge in [0.05, 0.1) is 19.2 Å². The molecule has 1 aromatic heterocycles. The summed E-state index contributed by atoms with van der Waals surface area (Å²) < 4.78 is 13.2. The lowest BCUT2D eigenvalue weighted by atomic mass is 9.81. The first-order valence-electron chi connectivity index (χ1n) is 8.77. The van der Waals surface area contributed by atoms with E-state index in [1.54, 1.807) is 28.0 Å². The molecule has 2 aromatic rings. The van der Waals surface area contributed by atoms with Crippen LogP contribution in [0.3, 0.4) is 0 Å². The summed E-state index contributed by atoms with van der Waals surface area (Å²) in [7, 11) is 0. The van der Waals surface area contributed by atoms with E-state index in [-0.39, 0.29) is 18.2 Å². The van der Waals surface area contributed by atoms with Gasteiger partial charge in [0.2, 0.25) is 11.8 Å². The topological polar surface area (TPSA) is 78.1 Å². The quantitative estimate of drug-likeness (QED) is 0.798. The van der Waals surface area contributed by atoms with Gasteiger partial charge in [-0.2, -0.15) is 4.39 Å². The number of carbonyl (C=O) groups is 2. The van der Waals surface area contributed by atoms with Gasteiger partial charge < -0.3 is 14.9 Å². The van der Waals surface area contributed by atoms with E-state index in [1.165, 1.54) is 0 Å². The van der Waals surface area contributed by atoms with Crippen molar-refractivity contribution in [3.8, 4) is 0 Å².